The van der Waals surface area contributed by atoms with E-state index in [0.29, 0.717) is 13.0 Å². The minimum atomic E-state index is -0.736. The molecule has 1 N–H and O–H groups in total. The Morgan fingerprint density at radius 1 is 1.53 bits per heavy atom. The van der Waals surface area contributed by atoms with Gasteiger partial charge in [-0.15, -0.1) is 0 Å². The molecule has 4 heteroatoms. The van der Waals surface area contributed by atoms with Crippen LogP contribution in [0.3, 0.4) is 0 Å². The van der Waals surface area contributed by atoms with Crippen molar-refractivity contribution in [2.45, 2.75) is 19.3 Å². The Bertz CT molecular complexity index is 427. The molecule has 0 amide bonds. The molecular formula is C13H16O4. The summed E-state index contributed by atoms with van der Waals surface area (Å²) >= 11 is 0. The van der Waals surface area contributed by atoms with Crippen LogP contribution in [0.5, 0.6) is 11.5 Å². The first-order valence-electron chi connectivity index (χ1n) is 5.71. The van der Waals surface area contributed by atoms with Crippen molar-refractivity contribution in [1.29, 1.82) is 0 Å². The molecule has 1 aromatic rings. The van der Waals surface area contributed by atoms with Gasteiger partial charge in [-0.05, 0) is 31.5 Å². The van der Waals surface area contributed by atoms with Crippen molar-refractivity contribution in [3.05, 3.63) is 23.8 Å². The molecule has 0 heterocycles. The zero-order valence-electron chi connectivity index (χ0n) is 9.97. The summed E-state index contributed by atoms with van der Waals surface area (Å²) in [6.07, 6.45) is 0.683. The third kappa shape index (κ3) is 2.35. The highest BCUT2D eigenvalue weighted by atomic mass is 16.5. The van der Waals surface area contributed by atoms with E-state index in [0.717, 1.165) is 17.1 Å². The van der Waals surface area contributed by atoms with Crippen molar-refractivity contribution >= 4 is 5.97 Å². The Morgan fingerprint density at radius 3 is 2.82 bits per heavy atom. The minimum Gasteiger partial charge on any atom is -0.497 e. The first-order valence-corrected chi connectivity index (χ1v) is 5.71. The van der Waals surface area contributed by atoms with E-state index in [4.69, 9.17) is 14.6 Å². The summed E-state index contributed by atoms with van der Waals surface area (Å²) in [5, 5.41) is 8.96. The fourth-order valence-electron chi connectivity index (χ4n) is 2.04. The number of carboxylic acid groups (broad SMARTS) is 1. The van der Waals surface area contributed by atoms with Gasteiger partial charge >= 0.3 is 5.97 Å². The van der Waals surface area contributed by atoms with Crippen LogP contribution < -0.4 is 9.47 Å². The van der Waals surface area contributed by atoms with Gasteiger partial charge in [0.25, 0.3) is 0 Å². The Kier molecular flexibility index (Phi) is 3.22. The maximum atomic E-state index is 10.9. The first kappa shape index (κ1) is 11.8. The molecule has 0 radical (unpaired) electrons. The van der Waals surface area contributed by atoms with E-state index < -0.39 is 5.97 Å². The van der Waals surface area contributed by atoms with Gasteiger partial charge < -0.3 is 14.6 Å². The molecule has 2 atom stereocenters. The van der Waals surface area contributed by atoms with Gasteiger partial charge in [-0.25, -0.2) is 0 Å². The monoisotopic (exact) mass is 236 g/mol. The third-order valence-corrected chi connectivity index (χ3v) is 3.02. The molecule has 1 saturated carbocycles. The average Bonchev–Trinajstić information content (AvgIpc) is 3.10. The molecule has 0 aromatic heterocycles. The van der Waals surface area contributed by atoms with Gasteiger partial charge in [0.2, 0.25) is 0 Å². The Morgan fingerprint density at radius 2 is 2.29 bits per heavy atom. The lowest BCUT2D eigenvalue weighted by molar-refractivity contribution is -0.138. The number of ether oxygens (including phenoxy) is 2. The van der Waals surface area contributed by atoms with E-state index in [-0.39, 0.29) is 11.8 Å². The predicted octanol–water partition coefficient (Wildman–Crippen LogP) is 2.28. The molecule has 92 valence electrons. The topological polar surface area (TPSA) is 55.8 Å². The van der Waals surface area contributed by atoms with Gasteiger partial charge in [0.05, 0.1) is 19.6 Å². The second-order valence-corrected chi connectivity index (χ2v) is 4.12. The van der Waals surface area contributed by atoms with E-state index in [2.05, 4.69) is 0 Å². The zero-order valence-corrected chi connectivity index (χ0v) is 9.97. The lowest BCUT2D eigenvalue weighted by atomic mass is 10.1. The van der Waals surface area contributed by atoms with Gasteiger partial charge in [0.1, 0.15) is 11.5 Å². The van der Waals surface area contributed by atoms with Crippen LogP contribution in [0.4, 0.5) is 0 Å². The molecule has 1 fully saturated rings. The van der Waals surface area contributed by atoms with Crippen LogP contribution >= 0.6 is 0 Å². The fourth-order valence-corrected chi connectivity index (χ4v) is 2.04. The smallest absolute Gasteiger partial charge is 0.307 e. The van der Waals surface area contributed by atoms with Crippen molar-refractivity contribution < 1.29 is 19.4 Å². The Balaban J connectivity index is 2.27. The van der Waals surface area contributed by atoms with Crippen molar-refractivity contribution in [2.24, 2.45) is 5.92 Å². The number of benzene rings is 1. The van der Waals surface area contributed by atoms with Crippen LogP contribution in [0.25, 0.3) is 0 Å². The third-order valence-electron chi connectivity index (χ3n) is 3.02. The average molecular weight is 236 g/mol. The van der Waals surface area contributed by atoms with Gasteiger partial charge in [0.15, 0.2) is 0 Å². The van der Waals surface area contributed by atoms with Crippen molar-refractivity contribution in [1.82, 2.24) is 0 Å². The summed E-state index contributed by atoms with van der Waals surface area (Å²) in [6, 6.07) is 5.54. The van der Waals surface area contributed by atoms with Crippen LogP contribution in [0.1, 0.15) is 24.8 Å². The first-order chi connectivity index (χ1) is 8.17. The molecule has 1 aliphatic carbocycles. The summed E-state index contributed by atoms with van der Waals surface area (Å²) in [6.45, 7) is 2.49. The lowest BCUT2D eigenvalue weighted by Gasteiger charge is -2.11. The molecule has 2 unspecified atom stereocenters. The molecule has 0 aliphatic heterocycles. The van der Waals surface area contributed by atoms with Crippen LogP contribution in [0, 0.1) is 5.92 Å². The van der Waals surface area contributed by atoms with Gasteiger partial charge in [-0.1, -0.05) is 0 Å². The fraction of sp³-hybridized carbons (Fsp3) is 0.462. The highest BCUT2D eigenvalue weighted by Crippen LogP contribution is 2.51. The van der Waals surface area contributed by atoms with Crippen molar-refractivity contribution in [3.63, 3.8) is 0 Å². The highest BCUT2D eigenvalue weighted by Gasteiger charge is 2.45. The molecule has 1 aromatic carbocycles. The maximum absolute atomic E-state index is 10.9. The Labute approximate surface area is 100 Å². The van der Waals surface area contributed by atoms with Crippen molar-refractivity contribution in [3.8, 4) is 11.5 Å². The van der Waals surface area contributed by atoms with E-state index in [1.807, 2.05) is 25.1 Å². The zero-order chi connectivity index (χ0) is 12.4. The van der Waals surface area contributed by atoms with Crippen LogP contribution in [0.2, 0.25) is 0 Å². The predicted molar refractivity (Wildman–Crippen MR) is 62.6 cm³/mol. The normalized spacial score (nSPS) is 22.0. The largest absolute Gasteiger partial charge is 0.497 e. The summed E-state index contributed by atoms with van der Waals surface area (Å²) in [5.41, 5.74) is 0.943. The van der Waals surface area contributed by atoms with Gasteiger partial charge in [-0.3, -0.25) is 4.79 Å². The van der Waals surface area contributed by atoms with Crippen LogP contribution in [-0.2, 0) is 4.79 Å². The molecule has 0 spiro atoms. The second-order valence-electron chi connectivity index (χ2n) is 4.12. The molecule has 0 bridgehead atoms. The maximum Gasteiger partial charge on any atom is 0.307 e. The lowest BCUT2D eigenvalue weighted by Crippen LogP contribution is -2.01. The number of hydrogen-bond acceptors (Lipinski definition) is 3. The van der Waals surface area contributed by atoms with E-state index >= 15 is 0 Å². The van der Waals surface area contributed by atoms with E-state index in [9.17, 15) is 4.79 Å². The van der Waals surface area contributed by atoms with E-state index in [1.165, 1.54) is 0 Å². The standard InChI is InChI=1S/C13H16O4/c1-3-17-12-5-4-8(16-2)6-10(12)9-7-11(9)13(14)15/h4-6,9,11H,3,7H2,1-2H3,(H,14,15). The van der Waals surface area contributed by atoms with Gasteiger partial charge in [-0.2, -0.15) is 0 Å². The number of rotatable bonds is 5. The Hall–Kier alpha value is -1.71. The van der Waals surface area contributed by atoms with E-state index in [1.54, 1.807) is 7.11 Å². The number of aliphatic carboxylic acids is 1. The highest BCUT2D eigenvalue weighted by molar-refractivity contribution is 5.75. The number of carboxylic acids is 1. The molecule has 17 heavy (non-hydrogen) atoms. The van der Waals surface area contributed by atoms with Crippen LogP contribution in [-0.4, -0.2) is 24.8 Å². The summed E-state index contributed by atoms with van der Waals surface area (Å²) in [4.78, 5) is 10.9. The number of carbonyl (C=O) groups is 1. The summed E-state index contributed by atoms with van der Waals surface area (Å²) < 4.78 is 10.7. The SMILES string of the molecule is CCOc1ccc(OC)cc1C1CC1C(=O)O. The minimum absolute atomic E-state index is 0.0594. The summed E-state index contributed by atoms with van der Waals surface area (Å²) in [5.74, 6) is 0.548. The summed E-state index contributed by atoms with van der Waals surface area (Å²) in [7, 11) is 1.60. The quantitative estimate of drug-likeness (QED) is 0.852. The molecule has 1 aliphatic rings. The number of methoxy groups -OCH3 is 1. The molecule has 4 nitrogen and oxygen atoms in total. The molecule has 2 rings (SSSR count). The molecule has 0 saturated heterocycles. The van der Waals surface area contributed by atoms with Crippen molar-refractivity contribution in [2.75, 3.05) is 13.7 Å². The second kappa shape index (κ2) is 4.65. The molecular weight excluding hydrogens is 220 g/mol. The number of hydrogen-bond donors (Lipinski definition) is 1. The van der Waals surface area contributed by atoms with Crippen LogP contribution in [0.15, 0.2) is 18.2 Å². The van der Waals surface area contributed by atoms with Gasteiger partial charge in [0, 0.05) is 11.5 Å².